The molecule has 3 aliphatic heterocycles. The predicted molar refractivity (Wildman–Crippen MR) is 106 cm³/mol. The molecule has 0 unspecified atom stereocenters. The van der Waals surface area contributed by atoms with Crippen LogP contribution < -0.4 is 16.2 Å². The average molecular weight is 386 g/mol. The van der Waals surface area contributed by atoms with E-state index in [1.165, 1.54) is 0 Å². The van der Waals surface area contributed by atoms with E-state index in [2.05, 4.69) is 10.6 Å². The summed E-state index contributed by atoms with van der Waals surface area (Å²) in [7, 11) is 0. The SMILES string of the molecule is O=C(CCN1CCCCCC1=O)NC[C@H]1[C@@H]2CNC[C@@H](C2)c2cccc(=O)n21. The molecule has 3 atom stereocenters. The van der Waals surface area contributed by atoms with Crippen LogP contribution in [0.15, 0.2) is 23.0 Å². The molecule has 2 N–H and O–H groups in total. The zero-order valence-electron chi connectivity index (χ0n) is 16.4. The Morgan fingerprint density at radius 3 is 2.96 bits per heavy atom. The Bertz CT molecular complexity index is 790. The Balaban J connectivity index is 1.37. The maximum absolute atomic E-state index is 12.5. The highest BCUT2D eigenvalue weighted by Gasteiger charge is 2.37. The molecule has 1 aromatic heterocycles. The molecular formula is C21H30N4O3. The zero-order chi connectivity index (χ0) is 19.5. The van der Waals surface area contributed by atoms with Crippen molar-refractivity contribution in [2.45, 2.75) is 50.5 Å². The third kappa shape index (κ3) is 3.99. The van der Waals surface area contributed by atoms with Crippen molar-refractivity contribution in [3.63, 3.8) is 0 Å². The van der Waals surface area contributed by atoms with Crippen molar-refractivity contribution in [1.82, 2.24) is 20.1 Å². The van der Waals surface area contributed by atoms with Gasteiger partial charge in [0.25, 0.3) is 5.56 Å². The lowest BCUT2D eigenvalue weighted by molar-refractivity contribution is -0.131. The number of carbonyl (C=O) groups is 2. The van der Waals surface area contributed by atoms with Crippen LogP contribution >= 0.6 is 0 Å². The number of aromatic nitrogens is 1. The van der Waals surface area contributed by atoms with E-state index < -0.39 is 0 Å². The highest BCUT2D eigenvalue weighted by Crippen LogP contribution is 2.38. The fraction of sp³-hybridized carbons (Fsp3) is 0.667. The molecular weight excluding hydrogens is 356 g/mol. The van der Waals surface area contributed by atoms with Crippen LogP contribution in [0.2, 0.25) is 0 Å². The third-order valence-corrected chi connectivity index (χ3v) is 6.49. The van der Waals surface area contributed by atoms with Crippen LogP contribution in [0, 0.1) is 5.92 Å². The van der Waals surface area contributed by atoms with Gasteiger partial charge in [-0.2, -0.15) is 0 Å². The van der Waals surface area contributed by atoms with Crippen LogP contribution in [0.3, 0.4) is 0 Å². The van der Waals surface area contributed by atoms with Gasteiger partial charge in [-0.05, 0) is 31.2 Å². The van der Waals surface area contributed by atoms with Gasteiger partial charge in [-0.25, -0.2) is 0 Å². The van der Waals surface area contributed by atoms with Crippen molar-refractivity contribution in [3.05, 3.63) is 34.2 Å². The molecule has 0 saturated carbocycles. The lowest BCUT2D eigenvalue weighted by Gasteiger charge is -2.43. The van der Waals surface area contributed by atoms with Crippen molar-refractivity contribution in [1.29, 1.82) is 0 Å². The number of hydrogen-bond acceptors (Lipinski definition) is 4. The molecule has 3 aliphatic rings. The molecule has 2 bridgehead atoms. The highest BCUT2D eigenvalue weighted by atomic mass is 16.2. The first-order valence-electron chi connectivity index (χ1n) is 10.6. The minimum absolute atomic E-state index is 0.0171. The summed E-state index contributed by atoms with van der Waals surface area (Å²) in [5.74, 6) is 0.832. The standard InChI is InChI=1S/C21H30N4O3/c26-19(8-10-24-9-3-1-2-6-20(24)27)23-14-18-16-11-15(12-22-13-16)17-5-4-7-21(28)25(17)18/h4-5,7,15-16,18,22H,1-3,6,8-14H2,(H,23,26)/t15-,16+,18+/m1/s1. The van der Waals surface area contributed by atoms with Crippen LogP contribution in [0.25, 0.3) is 0 Å². The second kappa shape index (κ2) is 8.47. The Morgan fingerprint density at radius 1 is 1.18 bits per heavy atom. The van der Waals surface area contributed by atoms with Crippen LogP contribution in [0.1, 0.15) is 56.2 Å². The summed E-state index contributed by atoms with van der Waals surface area (Å²) in [6, 6.07) is 5.46. The van der Waals surface area contributed by atoms with Crippen molar-refractivity contribution in [3.8, 4) is 0 Å². The maximum Gasteiger partial charge on any atom is 0.251 e. The molecule has 152 valence electrons. The minimum Gasteiger partial charge on any atom is -0.354 e. The summed E-state index contributed by atoms with van der Waals surface area (Å²) >= 11 is 0. The van der Waals surface area contributed by atoms with Gasteiger partial charge < -0.3 is 20.1 Å². The number of piperidine rings is 1. The Kier molecular flexibility index (Phi) is 5.80. The molecule has 7 heteroatoms. The van der Waals surface area contributed by atoms with E-state index in [0.29, 0.717) is 37.8 Å². The van der Waals surface area contributed by atoms with E-state index in [0.717, 1.165) is 51.0 Å². The van der Waals surface area contributed by atoms with Crippen LogP contribution in [-0.2, 0) is 9.59 Å². The van der Waals surface area contributed by atoms with Crippen LogP contribution in [0.4, 0.5) is 0 Å². The van der Waals surface area contributed by atoms with E-state index >= 15 is 0 Å². The van der Waals surface area contributed by atoms with E-state index in [1.54, 1.807) is 6.07 Å². The number of carbonyl (C=O) groups excluding carboxylic acids is 2. The van der Waals surface area contributed by atoms with Gasteiger partial charge in [0.15, 0.2) is 0 Å². The molecule has 0 radical (unpaired) electrons. The lowest BCUT2D eigenvalue weighted by atomic mass is 9.79. The third-order valence-electron chi connectivity index (χ3n) is 6.49. The molecule has 4 rings (SSSR count). The Morgan fingerprint density at radius 2 is 2.07 bits per heavy atom. The predicted octanol–water partition coefficient (Wildman–Crippen LogP) is 1.01. The normalized spacial score (nSPS) is 27.1. The first-order valence-corrected chi connectivity index (χ1v) is 10.6. The first-order chi connectivity index (χ1) is 13.6. The number of hydrogen-bond donors (Lipinski definition) is 2. The molecule has 0 aromatic carbocycles. The van der Waals surface area contributed by atoms with Gasteiger partial charge >= 0.3 is 0 Å². The number of pyridine rings is 1. The molecule has 0 aliphatic carbocycles. The Hall–Kier alpha value is -2.15. The second-order valence-electron chi connectivity index (χ2n) is 8.32. The number of rotatable bonds is 5. The van der Waals surface area contributed by atoms with E-state index in [4.69, 9.17) is 0 Å². The fourth-order valence-electron chi connectivity index (χ4n) is 4.99. The first kappa shape index (κ1) is 19.2. The summed E-state index contributed by atoms with van der Waals surface area (Å²) in [6.07, 6.45) is 5.03. The summed E-state index contributed by atoms with van der Waals surface area (Å²) in [4.78, 5) is 38.9. The number of nitrogens with one attached hydrogen (secondary N) is 2. The van der Waals surface area contributed by atoms with Crippen LogP contribution in [-0.4, -0.2) is 54.0 Å². The van der Waals surface area contributed by atoms with Gasteiger partial charge in [0.2, 0.25) is 11.8 Å². The van der Waals surface area contributed by atoms with Crippen molar-refractivity contribution < 1.29 is 9.59 Å². The van der Waals surface area contributed by atoms with Gasteiger partial charge in [-0.1, -0.05) is 12.5 Å². The van der Waals surface area contributed by atoms with Crippen molar-refractivity contribution in [2.24, 2.45) is 5.92 Å². The van der Waals surface area contributed by atoms with E-state index in [1.807, 2.05) is 21.6 Å². The number of fused-ring (bicyclic) bond motifs is 4. The van der Waals surface area contributed by atoms with Crippen molar-refractivity contribution in [2.75, 3.05) is 32.7 Å². The molecule has 28 heavy (non-hydrogen) atoms. The Labute approximate surface area is 165 Å². The van der Waals surface area contributed by atoms with Gasteiger partial charge in [0, 0.05) is 63.2 Å². The monoisotopic (exact) mass is 386 g/mol. The topological polar surface area (TPSA) is 83.4 Å². The summed E-state index contributed by atoms with van der Waals surface area (Å²) in [5.41, 5.74) is 1.09. The fourth-order valence-corrected chi connectivity index (χ4v) is 4.99. The molecule has 1 aromatic rings. The highest BCUT2D eigenvalue weighted by molar-refractivity contribution is 5.79. The smallest absolute Gasteiger partial charge is 0.251 e. The minimum atomic E-state index is -0.0477. The quantitative estimate of drug-likeness (QED) is 0.791. The van der Waals surface area contributed by atoms with Gasteiger partial charge in [0.1, 0.15) is 0 Å². The zero-order valence-corrected chi connectivity index (χ0v) is 16.4. The summed E-state index contributed by atoms with van der Waals surface area (Å²) in [5, 5.41) is 6.50. The molecule has 2 amide bonds. The van der Waals surface area contributed by atoms with E-state index in [9.17, 15) is 14.4 Å². The molecule has 4 heterocycles. The van der Waals surface area contributed by atoms with Gasteiger partial charge in [-0.15, -0.1) is 0 Å². The largest absolute Gasteiger partial charge is 0.354 e. The van der Waals surface area contributed by atoms with Crippen LogP contribution in [0.5, 0.6) is 0 Å². The number of nitrogens with zero attached hydrogens (tertiary/aromatic N) is 2. The lowest BCUT2D eigenvalue weighted by Crippen LogP contribution is -2.50. The number of amides is 2. The molecule has 7 nitrogen and oxygen atoms in total. The summed E-state index contributed by atoms with van der Waals surface area (Å²) < 4.78 is 1.90. The number of likely N-dealkylation sites (tertiary alicyclic amines) is 1. The molecule has 2 saturated heterocycles. The average Bonchev–Trinajstić information content (AvgIpc) is 2.91. The maximum atomic E-state index is 12.5. The molecule has 0 spiro atoms. The van der Waals surface area contributed by atoms with Gasteiger partial charge in [0.05, 0.1) is 6.04 Å². The molecule has 2 fully saturated rings. The van der Waals surface area contributed by atoms with Gasteiger partial charge in [-0.3, -0.25) is 14.4 Å². The van der Waals surface area contributed by atoms with Crippen molar-refractivity contribution >= 4 is 11.8 Å². The second-order valence-corrected chi connectivity index (χ2v) is 8.32. The van der Waals surface area contributed by atoms with E-state index in [-0.39, 0.29) is 23.4 Å². The summed E-state index contributed by atoms with van der Waals surface area (Å²) in [6.45, 7) is 3.48.